The third kappa shape index (κ3) is 5.09. The first-order valence-corrected chi connectivity index (χ1v) is 7.59. The van der Waals surface area contributed by atoms with Gasteiger partial charge >= 0.3 is 0 Å². The largest absolute Gasteiger partial charge is 0.366 e. The molecule has 1 aromatic rings. The highest BCUT2D eigenvalue weighted by Crippen LogP contribution is 2.16. The number of hydrogen-bond acceptors (Lipinski definition) is 5. The molecule has 1 unspecified atom stereocenters. The molecule has 1 amide bonds. The zero-order valence-electron chi connectivity index (χ0n) is 12.6. The summed E-state index contributed by atoms with van der Waals surface area (Å²) in [7, 11) is 0. The second kappa shape index (κ2) is 9.49. The van der Waals surface area contributed by atoms with Crippen molar-refractivity contribution >= 4 is 48.1 Å². The number of amides is 1. The molecule has 2 aliphatic heterocycles. The molecule has 0 aliphatic carbocycles. The van der Waals surface area contributed by atoms with Crippen molar-refractivity contribution in [1.82, 2.24) is 15.2 Å². The molecule has 2 fully saturated rings. The number of ether oxygens (including phenoxy) is 1. The molecule has 2 aliphatic rings. The van der Waals surface area contributed by atoms with Crippen LogP contribution in [-0.2, 0) is 9.53 Å². The Kier molecular flexibility index (Phi) is 8.36. The Balaban J connectivity index is 0.00000132. The smallest absolute Gasteiger partial charge is 0.253 e. The predicted octanol–water partition coefficient (Wildman–Crippen LogP) is 1.22. The Labute approximate surface area is 153 Å². The molecule has 3 heterocycles. The van der Waals surface area contributed by atoms with Gasteiger partial charge < -0.3 is 19.9 Å². The number of nitrogens with zero attached hydrogens (tertiary/aromatic N) is 3. The number of carbonyl (C=O) groups is 1. The maximum Gasteiger partial charge on any atom is 0.253 e. The summed E-state index contributed by atoms with van der Waals surface area (Å²) in [6.45, 7) is 4.98. The van der Waals surface area contributed by atoms with Crippen molar-refractivity contribution in [3.63, 3.8) is 0 Å². The molecule has 9 heteroatoms. The monoisotopic (exact) mass is 382 g/mol. The predicted molar refractivity (Wildman–Crippen MR) is 95.1 cm³/mol. The first-order valence-electron chi connectivity index (χ1n) is 7.21. The molecule has 0 saturated carbocycles. The van der Waals surface area contributed by atoms with Crippen LogP contribution in [0.2, 0.25) is 5.02 Å². The van der Waals surface area contributed by atoms with Gasteiger partial charge in [-0.2, -0.15) is 0 Å². The SMILES string of the molecule is Cl.Cl.O=C(C1CNCCO1)N1CCN(c2ccc(Cl)cn2)CC1. The summed E-state index contributed by atoms with van der Waals surface area (Å²) in [6, 6.07) is 3.75. The van der Waals surface area contributed by atoms with Crippen LogP contribution in [-0.4, -0.2) is 67.8 Å². The second-order valence-electron chi connectivity index (χ2n) is 5.21. The van der Waals surface area contributed by atoms with Crippen molar-refractivity contribution in [1.29, 1.82) is 0 Å². The van der Waals surface area contributed by atoms with Gasteiger partial charge in [-0.3, -0.25) is 4.79 Å². The molecule has 130 valence electrons. The van der Waals surface area contributed by atoms with E-state index in [1.54, 1.807) is 6.20 Å². The van der Waals surface area contributed by atoms with Gasteiger partial charge in [0.05, 0.1) is 11.6 Å². The first-order chi connectivity index (χ1) is 10.2. The molecular weight excluding hydrogens is 363 g/mol. The highest BCUT2D eigenvalue weighted by Gasteiger charge is 2.29. The van der Waals surface area contributed by atoms with E-state index in [1.165, 1.54) is 0 Å². The summed E-state index contributed by atoms with van der Waals surface area (Å²) >= 11 is 5.85. The van der Waals surface area contributed by atoms with Crippen LogP contribution in [0.3, 0.4) is 0 Å². The normalized spacial score (nSPS) is 21.2. The molecule has 0 aromatic carbocycles. The minimum absolute atomic E-state index is 0. The summed E-state index contributed by atoms with van der Waals surface area (Å²) < 4.78 is 5.52. The van der Waals surface area contributed by atoms with E-state index in [0.29, 0.717) is 31.3 Å². The Morgan fingerprint density at radius 2 is 2.00 bits per heavy atom. The number of pyridine rings is 1. The van der Waals surface area contributed by atoms with Crippen molar-refractivity contribution in [2.45, 2.75) is 6.10 Å². The van der Waals surface area contributed by atoms with Gasteiger partial charge in [0, 0.05) is 45.5 Å². The van der Waals surface area contributed by atoms with Crippen LogP contribution in [0.15, 0.2) is 18.3 Å². The van der Waals surface area contributed by atoms with Crippen LogP contribution >= 0.6 is 36.4 Å². The maximum atomic E-state index is 12.4. The maximum absolute atomic E-state index is 12.4. The Morgan fingerprint density at radius 3 is 2.57 bits per heavy atom. The van der Waals surface area contributed by atoms with Crippen LogP contribution < -0.4 is 10.2 Å². The number of rotatable bonds is 2. The van der Waals surface area contributed by atoms with Crippen molar-refractivity contribution in [2.24, 2.45) is 0 Å². The fourth-order valence-electron chi connectivity index (χ4n) is 2.64. The Hall–Kier alpha value is -0.790. The number of carbonyl (C=O) groups excluding carboxylic acids is 1. The average molecular weight is 384 g/mol. The van der Waals surface area contributed by atoms with Gasteiger partial charge in [-0.15, -0.1) is 24.8 Å². The topological polar surface area (TPSA) is 57.7 Å². The van der Waals surface area contributed by atoms with Crippen LogP contribution in [0.5, 0.6) is 0 Å². The molecule has 2 saturated heterocycles. The Morgan fingerprint density at radius 1 is 1.26 bits per heavy atom. The van der Waals surface area contributed by atoms with Crippen LogP contribution in [0.25, 0.3) is 0 Å². The molecule has 1 atom stereocenters. The first kappa shape index (κ1) is 20.3. The van der Waals surface area contributed by atoms with Crippen LogP contribution in [0.4, 0.5) is 5.82 Å². The zero-order valence-corrected chi connectivity index (χ0v) is 15.0. The summed E-state index contributed by atoms with van der Waals surface area (Å²) in [5.41, 5.74) is 0. The fraction of sp³-hybridized carbons (Fsp3) is 0.571. The van der Waals surface area contributed by atoms with E-state index in [4.69, 9.17) is 16.3 Å². The zero-order chi connectivity index (χ0) is 14.7. The number of anilines is 1. The van der Waals surface area contributed by atoms with Gasteiger partial charge in [0.25, 0.3) is 5.91 Å². The number of morpholine rings is 1. The van der Waals surface area contributed by atoms with Crippen molar-refractivity contribution in [3.8, 4) is 0 Å². The summed E-state index contributed by atoms with van der Waals surface area (Å²) in [6.07, 6.45) is 1.31. The summed E-state index contributed by atoms with van der Waals surface area (Å²) in [4.78, 5) is 20.7. The van der Waals surface area contributed by atoms with E-state index in [2.05, 4.69) is 15.2 Å². The van der Waals surface area contributed by atoms with Gasteiger partial charge in [-0.1, -0.05) is 11.6 Å². The third-order valence-corrected chi connectivity index (χ3v) is 4.05. The van der Waals surface area contributed by atoms with E-state index in [0.717, 1.165) is 25.5 Å². The highest BCUT2D eigenvalue weighted by molar-refractivity contribution is 6.30. The third-order valence-electron chi connectivity index (χ3n) is 3.83. The fourth-order valence-corrected chi connectivity index (χ4v) is 2.75. The number of aromatic nitrogens is 1. The van der Waals surface area contributed by atoms with E-state index in [-0.39, 0.29) is 36.8 Å². The minimum atomic E-state index is -0.334. The van der Waals surface area contributed by atoms with E-state index < -0.39 is 0 Å². The number of halogens is 3. The highest BCUT2D eigenvalue weighted by atomic mass is 35.5. The lowest BCUT2D eigenvalue weighted by Gasteiger charge is -2.37. The average Bonchev–Trinajstić information content (AvgIpc) is 2.56. The lowest BCUT2D eigenvalue weighted by atomic mass is 10.2. The molecular formula is C14H21Cl3N4O2. The minimum Gasteiger partial charge on any atom is -0.366 e. The second-order valence-corrected chi connectivity index (χ2v) is 5.65. The lowest BCUT2D eigenvalue weighted by molar-refractivity contribution is -0.145. The molecule has 0 spiro atoms. The van der Waals surface area contributed by atoms with Crippen molar-refractivity contribution in [3.05, 3.63) is 23.4 Å². The molecule has 23 heavy (non-hydrogen) atoms. The van der Waals surface area contributed by atoms with E-state index >= 15 is 0 Å². The standard InChI is InChI=1S/C14H19ClN4O2.2ClH/c15-11-1-2-13(17-9-11)18-4-6-19(7-5-18)14(20)12-10-16-3-8-21-12;;/h1-2,9,12,16H,3-8,10H2;2*1H. The van der Waals surface area contributed by atoms with E-state index in [9.17, 15) is 4.79 Å². The van der Waals surface area contributed by atoms with Gasteiger partial charge in [-0.25, -0.2) is 4.98 Å². The van der Waals surface area contributed by atoms with Gasteiger partial charge in [0.1, 0.15) is 11.9 Å². The van der Waals surface area contributed by atoms with Crippen LogP contribution in [0.1, 0.15) is 0 Å². The number of piperazine rings is 1. The summed E-state index contributed by atoms with van der Waals surface area (Å²) in [5.74, 6) is 0.994. The van der Waals surface area contributed by atoms with Crippen LogP contribution in [0, 0.1) is 0 Å². The summed E-state index contributed by atoms with van der Waals surface area (Å²) in [5, 5.41) is 3.82. The van der Waals surface area contributed by atoms with Gasteiger partial charge in [0.15, 0.2) is 0 Å². The molecule has 1 N–H and O–H groups in total. The molecule has 6 nitrogen and oxygen atoms in total. The van der Waals surface area contributed by atoms with Gasteiger partial charge in [-0.05, 0) is 12.1 Å². The Bertz CT molecular complexity index is 489. The molecule has 3 rings (SSSR count). The molecule has 1 aromatic heterocycles. The van der Waals surface area contributed by atoms with Crippen molar-refractivity contribution < 1.29 is 9.53 Å². The number of nitrogens with one attached hydrogen (secondary N) is 1. The lowest BCUT2D eigenvalue weighted by Crippen LogP contribution is -2.55. The van der Waals surface area contributed by atoms with Crippen molar-refractivity contribution in [2.75, 3.05) is 50.8 Å². The molecule has 0 bridgehead atoms. The quantitative estimate of drug-likeness (QED) is 0.832. The number of hydrogen-bond donors (Lipinski definition) is 1. The van der Waals surface area contributed by atoms with E-state index in [1.807, 2.05) is 17.0 Å². The molecule has 0 radical (unpaired) electrons. The van der Waals surface area contributed by atoms with Gasteiger partial charge in [0.2, 0.25) is 0 Å².